The molecule has 2 aliphatic heterocycles. The van der Waals surface area contributed by atoms with Crippen LogP contribution < -0.4 is 0 Å². The molecule has 0 bridgehead atoms. The van der Waals surface area contributed by atoms with Crippen LogP contribution in [0.1, 0.15) is 31.1 Å². The van der Waals surface area contributed by atoms with E-state index < -0.39 is 12.1 Å². The van der Waals surface area contributed by atoms with E-state index in [9.17, 15) is 13.2 Å². The lowest BCUT2D eigenvalue weighted by Crippen LogP contribution is -2.56. The van der Waals surface area contributed by atoms with Gasteiger partial charge in [0, 0.05) is 43.1 Å². The molecule has 0 aliphatic carbocycles. The predicted octanol–water partition coefficient (Wildman–Crippen LogP) is 3.79. The van der Waals surface area contributed by atoms with Crippen LogP contribution in [-0.4, -0.2) is 61.2 Å². The smallest absolute Gasteiger partial charge is 0.475 e. The number of thiophene rings is 1. The average molecular weight is 409 g/mol. The number of nitrogens with zero attached hydrogens (tertiary/aromatic N) is 1. The van der Waals surface area contributed by atoms with E-state index in [0.29, 0.717) is 6.10 Å². The number of aliphatic carboxylic acids is 1. The number of ether oxygens (including phenoxy) is 2. The van der Waals surface area contributed by atoms with Crippen molar-refractivity contribution in [2.45, 2.75) is 45.0 Å². The highest BCUT2D eigenvalue weighted by Crippen LogP contribution is 2.40. The summed E-state index contributed by atoms with van der Waals surface area (Å²) >= 11 is 1.86. The van der Waals surface area contributed by atoms with Gasteiger partial charge in [-0.05, 0) is 37.6 Å². The molecule has 1 N–H and O–H groups in total. The van der Waals surface area contributed by atoms with Crippen LogP contribution in [0.2, 0.25) is 0 Å². The van der Waals surface area contributed by atoms with E-state index in [1.807, 2.05) is 11.3 Å². The maximum Gasteiger partial charge on any atom is 0.490 e. The molecule has 5 nitrogen and oxygen atoms in total. The second-order valence-corrected chi connectivity index (χ2v) is 7.88. The summed E-state index contributed by atoms with van der Waals surface area (Å²) in [6, 6.07) is 4.38. The lowest BCUT2D eigenvalue weighted by molar-refractivity contribution is -0.192. The van der Waals surface area contributed by atoms with Gasteiger partial charge in [0.05, 0.1) is 12.7 Å². The van der Waals surface area contributed by atoms with Crippen molar-refractivity contribution in [3.8, 4) is 0 Å². The van der Waals surface area contributed by atoms with Crippen molar-refractivity contribution in [1.82, 2.24) is 4.90 Å². The molecule has 1 aromatic rings. The maximum atomic E-state index is 10.6. The van der Waals surface area contributed by atoms with Gasteiger partial charge in [0.2, 0.25) is 0 Å². The van der Waals surface area contributed by atoms with E-state index in [4.69, 9.17) is 19.4 Å². The molecule has 9 heteroatoms. The third-order valence-corrected chi connectivity index (χ3v) is 5.72. The fourth-order valence-electron chi connectivity index (χ4n) is 3.66. The number of alkyl halides is 3. The minimum Gasteiger partial charge on any atom is -0.475 e. The molecule has 2 aliphatic rings. The van der Waals surface area contributed by atoms with Gasteiger partial charge in [0.15, 0.2) is 0 Å². The first-order valence-electron chi connectivity index (χ1n) is 9.01. The van der Waals surface area contributed by atoms with Crippen LogP contribution in [0, 0.1) is 5.41 Å². The molecule has 0 radical (unpaired) electrons. The molecular weight excluding hydrogens is 383 g/mol. The van der Waals surface area contributed by atoms with Gasteiger partial charge in [0.25, 0.3) is 0 Å². The number of hydrogen-bond acceptors (Lipinski definition) is 5. The van der Waals surface area contributed by atoms with Crippen LogP contribution in [0.5, 0.6) is 0 Å². The van der Waals surface area contributed by atoms with Crippen LogP contribution in [0.3, 0.4) is 0 Å². The Labute approximate surface area is 161 Å². The first-order valence-corrected chi connectivity index (χ1v) is 9.89. The molecule has 3 heterocycles. The topological polar surface area (TPSA) is 59.0 Å². The number of piperidine rings is 1. The van der Waals surface area contributed by atoms with Gasteiger partial charge in [-0.3, -0.25) is 4.90 Å². The molecule has 27 heavy (non-hydrogen) atoms. The Morgan fingerprint density at radius 3 is 2.85 bits per heavy atom. The summed E-state index contributed by atoms with van der Waals surface area (Å²) in [5.41, 5.74) is 0.226. The number of carboxylic acids is 1. The first kappa shape index (κ1) is 22.1. The molecule has 0 spiro atoms. The summed E-state index contributed by atoms with van der Waals surface area (Å²) in [4.78, 5) is 13.0. The molecule has 0 amide bonds. The zero-order valence-electron chi connectivity index (χ0n) is 15.3. The Morgan fingerprint density at radius 2 is 2.26 bits per heavy atom. The number of fused-ring (bicyclic) bond motifs is 1. The van der Waals surface area contributed by atoms with Gasteiger partial charge in [0.1, 0.15) is 0 Å². The fraction of sp³-hybridized carbons (Fsp3) is 0.722. The Hall–Kier alpha value is -1.16. The molecule has 1 aromatic heterocycles. The molecule has 3 rings (SSSR count). The van der Waals surface area contributed by atoms with Crippen LogP contribution in [0.25, 0.3) is 0 Å². The third kappa shape index (κ3) is 6.44. The van der Waals surface area contributed by atoms with Crippen LogP contribution in [0.15, 0.2) is 17.5 Å². The Kier molecular flexibility index (Phi) is 8.08. The second-order valence-electron chi connectivity index (χ2n) is 6.84. The lowest BCUT2D eigenvalue weighted by atomic mass is 9.73. The third-order valence-electron chi connectivity index (χ3n) is 4.86. The molecular formula is C18H26F3NO4S. The van der Waals surface area contributed by atoms with Crippen molar-refractivity contribution >= 4 is 17.3 Å². The number of hydrogen-bond donors (Lipinski definition) is 1. The molecule has 2 atom stereocenters. The normalized spacial score (nSPS) is 26.0. The van der Waals surface area contributed by atoms with Crippen LogP contribution >= 0.6 is 11.3 Å². The van der Waals surface area contributed by atoms with E-state index in [1.54, 1.807) is 0 Å². The molecule has 154 valence electrons. The highest BCUT2D eigenvalue weighted by atomic mass is 32.1. The van der Waals surface area contributed by atoms with E-state index in [2.05, 4.69) is 29.3 Å². The van der Waals surface area contributed by atoms with Crippen molar-refractivity contribution in [2.75, 3.05) is 32.9 Å². The van der Waals surface area contributed by atoms with Gasteiger partial charge >= 0.3 is 12.1 Å². The van der Waals surface area contributed by atoms with E-state index in [1.165, 1.54) is 17.7 Å². The van der Waals surface area contributed by atoms with Gasteiger partial charge in [-0.2, -0.15) is 13.2 Å². The van der Waals surface area contributed by atoms with Crippen molar-refractivity contribution in [1.29, 1.82) is 0 Å². The Morgan fingerprint density at radius 1 is 1.52 bits per heavy atom. The van der Waals surface area contributed by atoms with Crippen LogP contribution in [-0.2, 0) is 20.8 Å². The minimum absolute atomic E-state index is 0.226. The number of carboxylic acid groups (broad SMARTS) is 1. The number of halogens is 3. The summed E-state index contributed by atoms with van der Waals surface area (Å²) in [6.07, 6.45) is -1.10. The van der Waals surface area contributed by atoms with Gasteiger partial charge in [-0.1, -0.05) is 6.07 Å². The van der Waals surface area contributed by atoms with Crippen molar-refractivity contribution < 1.29 is 32.5 Å². The van der Waals surface area contributed by atoms with Crippen LogP contribution in [0.4, 0.5) is 13.2 Å². The Bertz CT molecular complexity index is 582. The van der Waals surface area contributed by atoms with Gasteiger partial charge in [-0.15, -0.1) is 11.3 Å². The molecule has 0 aromatic carbocycles. The van der Waals surface area contributed by atoms with E-state index in [-0.39, 0.29) is 5.41 Å². The maximum absolute atomic E-state index is 10.6. The fourth-order valence-corrected chi connectivity index (χ4v) is 4.40. The molecule has 2 saturated heterocycles. The quantitative estimate of drug-likeness (QED) is 0.802. The first-order chi connectivity index (χ1) is 12.8. The van der Waals surface area contributed by atoms with Crippen molar-refractivity contribution in [2.24, 2.45) is 5.41 Å². The SMILES string of the molecule is CCOCC12CCCOC1CCN(Cc1cccs1)C2.O=C(O)C(F)(F)F. The van der Waals surface area contributed by atoms with Gasteiger partial charge < -0.3 is 14.6 Å². The highest BCUT2D eigenvalue weighted by molar-refractivity contribution is 7.09. The minimum atomic E-state index is -5.08. The number of likely N-dealkylation sites (tertiary alicyclic amines) is 1. The molecule has 0 saturated carbocycles. The highest BCUT2D eigenvalue weighted by Gasteiger charge is 2.46. The average Bonchev–Trinajstić information content (AvgIpc) is 3.12. The summed E-state index contributed by atoms with van der Waals surface area (Å²) in [5.74, 6) is -2.76. The molecule has 2 unspecified atom stereocenters. The predicted molar refractivity (Wildman–Crippen MR) is 95.8 cm³/mol. The largest absolute Gasteiger partial charge is 0.490 e. The Balaban J connectivity index is 0.000000321. The zero-order chi connectivity index (χ0) is 19.9. The summed E-state index contributed by atoms with van der Waals surface area (Å²) in [5, 5.41) is 9.29. The lowest BCUT2D eigenvalue weighted by Gasteiger charge is -2.50. The molecule has 2 fully saturated rings. The van der Waals surface area contributed by atoms with Crippen molar-refractivity contribution in [3.63, 3.8) is 0 Å². The second kappa shape index (κ2) is 9.86. The monoisotopic (exact) mass is 409 g/mol. The zero-order valence-corrected chi connectivity index (χ0v) is 16.2. The number of carbonyl (C=O) groups is 1. The van der Waals surface area contributed by atoms with Gasteiger partial charge in [-0.25, -0.2) is 4.79 Å². The summed E-state index contributed by atoms with van der Waals surface area (Å²) in [6.45, 7) is 8.03. The van der Waals surface area contributed by atoms with E-state index in [0.717, 1.165) is 45.9 Å². The summed E-state index contributed by atoms with van der Waals surface area (Å²) in [7, 11) is 0. The standard InChI is InChI=1S/C16H25NO2S.C2HF3O2/c1-2-18-13-16-7-4-9-19-15(16)6-8-17(12-16)11-14-5-3-10-20-14;3-2(4,5)1(6)7/h3,5,10,15H,2,4,6-9,11-13H2,1H3;(H,6,7). The van der Waals surface area contributed by atoms with E-state index >= 15 is 0 Å². The summed E-state index contributed by atoms with van der Waals surface area (Å²) < 4.78 is 43.6. The number of rotatable bonds is 5. The van der Waals surface area contributed by atoms with Crippen molar-refractivity contribution in [3.05, 3.63) is 22.4 Å².